The second kappa shape index (κ2) is 4.31. The van der Waals surface area contributed by atoms with Crippen LogP contribution in [0.5, 0.6) is 0 Å². The molecule has 1 aromatic rings. The number of hydrogen-bond donors (Lipinski definition) is 1. The van der Waals surface area contributed by atoms with Gasteiger partial charge in [0, 0.05) is 25.1 Å². The van der Waals surface area contributed by atoms with Crippen molar-refractivity contribution in [2.45, 2.75) is 26.3 Å². The molecule has 0 fully saturated rings. The molecular formula is C12H14F2N2O. The number of carbonyl (C=O) groups is 1. The largest absolute Gasteiger partial charge is 0.367 e. The first kappa shape index (κ1) is 11.8. The molecule has 0 aliphatic carbocycles. The Balaban J connectivity index is 2.59. The number of halogens is 2. The van der Waals surface area contributed by atoms with Crippen LogP contribution in [-0.2, 0) is 4.79 Å². The van der Waals surface area contributed by atoms with Gasteiger partial charge in [-0.05, 0) is 19.9 Å². The highest BCUT2D eigenvalue weighted by molar-refractivity contribution is 5.96. The molecule has 1 N–H and O–H groups in total. The molecule has 1 atom stereocenters. The molecule has 1 amide bonds. The van der Waals surface area contributed by atoms with Crippen molar-refractivity contribution >= 4 is 17.3 Å². The summed E-state index contributed by atoms with van der Waals surface area (Å²) in [5, 5.41) is 2.49. The van der Waals surface area contributed by atoms with Crippen molar-refractivity contribution in [3.8, 4) is 0 Å². The zero-order valence-corrected chi connectivity index (χ0v) is 9.76. The maximum absolute atomic E-state index is 13.6. The summed E-state index contributed by atoms with van der Waals surface area (Å²) >= 11 is 0. The zero-order valence-electron chi connectivity index (χ0n) is 9.76. The minimum Gasteiger partial charge on any atom is -0.367 e. The molecule has 0 saturated heterocycles. The SMILES string of the molecule is CCN1c2cc(F)cc(F)c2NC(=O)CC1C. The molecule has 1 unspecified atom stereocenters. The maximum atomic E-state index is 13.6. The average molecular weight is 240 g/mol. The highest BCUT2D eigenvalue weighted by Crippen LogP contribution is 2.34. The first-order valence-corrected chi connectivity index (χ1v) is 5.58. The summed E-state index contributed by atoms with van der Waals surface area (Å²) in [6.07, 6.45) is 0.267. The van der Waals surface area contributed by atoms with Crippen LogP contribution in [-0.4, -0.2) is 18.5 Å². The van der Waals surface area contributed by atoms with Gasteiger partial charge in [-0.15, -0.1) is 0 Å². The Morgan fingerprint density at radius 1 is 1.47 bits per heavy atom. The molecule has 0 radical (unpaired) electrons. The highest BCUT2D eigenvalue weighted by Gasteiger charge is 2.26. The predicted octanol–water partition coefficient (Wildman–Crippen LogP) is 2.52. The lowest BCUT2D eigenvalue weighted by Crippen LogP contribution is -2.33. The Labute approximate surface area is 98.4 Å². The van der Waals surface area contributed by atoms with Gasteiger partial charge in [0.2, 0.25) is 5.91 Å². The third-order valence-electron chi connectivity index (χ3n) is 2.96. The number of nitrogens with one attached hydrogen (secondary N) is 1. The van der Waals surface area contributed by atoms with Gasteiger partial charge in [-0.3, -0.25) is 4.79 Å². The molecule has 17 heavy (non-hydrogen) atoms. The normalized spacial score (nSPS) is 19.6. The molecule has 2 rings (SSSR count). The van der Waals surface area contributed by atoms with Gasteiger partial charge in [0.05, 0.1) is 5.69 Å². The second-order valence-electron chi connectivity index (χ2n) is 4.17. The van der Waals surface area contributed by atoms with Crippen LogP contribution in [0.15, 0.2) is 12.1 Å². The molecular weight excluding hydrogens is 226 g/mol. The van der Waals surface area contributed by atoms with E-state index < -0.39 is 11.6 Å². The van der Waals surface area contributed by atoms with Gasteiger partial charge >= 0.3 is 0 Å². The fourth-order valence-corrected chi connectivity index (χ4v) is 2.20. The van der Waals surface area contributed by atoms with Gasteiger partial charge < -0.3 is 10.2 Å². The van der Waals surface area contributed by atoms with E-state index in [1.165, 1.54) is 6.07 Å². The molecule has 92 valence electrons. The van der Waals surface area contributed by atoms with Crippen LogP contribution < -0.4 is 10.2 Å². The molecule has 1 aliphatic rings. The Morgan fingerprint density at radius 3 is 2.82 bits per heavy atom. The van der Waals surface area contributed by atoms with Crippen molar-refractivity contribution in [1.29, 1.82) is 0 Å². The number of fused-ring (bicyclic) bond motifs is 1. The smallest absolute Gasteiger partial charge is 0.226 e. The van der Waals surface area contributed by atoms with Gasteiger partial charge in [-0.2, -0.15) is 0 Å². The van der Waals surface area contributed by atoms with Crippen molar-refractivity contribution in [3.05, 3.63) is 23.8 Å². The van der Waals surface area contributed by atoms with E-state index in [9.17, 15) is 13.6 Å². The standard InChI is InChI=1S/C12H14F2N2O/c1-3-16-7(2)4-11(17)15-12-9(14)5-8(13)6-10(12)16/h5-7H,3-4H2,1-2H3,(H,15,17). The lowest BCUT2D eigenvalue weighted by atomic mass is 10.1. The Morgan fingerprint density at radius 2 is 2.18 bits per heavy atom. The van der Waals surface area contributed by atoms with E-state index in [0.717, 1.165) is 6.07 Å². The van der Waals surface area contributed by atoms with Crippen molar-refractivity contribution in [2.24, 2.45) is 0 Å². The number of carbonyl (C=O) groups excluding carboxylic acids is 1. The first-order chi connectivity index (χ1) is 8.02. The van der Waals surface area contributed by atoms with E-state index in [1.54, 1.807) is 0 Å². The molecule has 1 aliphatic heterocycles. The lowest BCUT2D eigenvalue weighted by molar-refractivity contribution is -0.116. The van der Waals surface area contributed by atoms with Crippen molar-refractivity contribution in [3.63, 3.8) is 0 Å². The van der Waals surface area contributed by atoms with Gasteiger partial charge in [0.15, 0.2) is 5.82 Å². The Kier molecular flexibility index (Phi) is 3.00. The van der Waals surface area contributed by atoms with Gasteiger partial charge in [-0.1, -0.05) is 0 Å². The van der Waals surface area contributed by atoms with Crippen LogP contribution in [0.3, 0.4) is 0 Å². The van der Waals surface area contributed by atoms with E-state index >= 15 is 0 Å². The van der Waals surface area contributed by atoms with Crippen molar-refractivity contribution in [1.82, 2.24) is 0 Å². The summed E-state index contributed by atoms with van der Waals surface area (Å²) in [6.45, 7) is 4.34. The van der Waals surface area contributed by atoms with Gasteiger partial charge in [0.1, 0.15) is 11.5 Å². The zero-order chi connectivity index (χ0) is 12.6. The summed E-state index contributed by atoms with van der Waals surface area (Å²) in [7, 11) is 0. The van der Waals surface area contributed by atoms with Crippen molar-refractivity contribution in [2.75, 3.05) is 16.8 Å². The lowest BCUT2D eigenvalue weighted by Gasteiger charge is -2.28. The maximum Gasteiger partial charge on any atom is 0.226 e. The number of benzene rings is 1. The summed E-state index contributed by atoms with van der Waals surface area (Å²) in [5.74, 6) is -1.62. The van der Waals surface area contributed by atoms with Crippen LogP contribution in [0, 0.1) is 11.6 Å². The van der Waals surface area contributed by atoms with Crippen LogP contribution in [0.1, 0.15) is 20.3 Å². The third-order valence-corrected chi connectivity index (χ3v) is 2.96. The summed E-state index contributed by atoms with van der Waals surface area (Å²) < 4.78 is 26.9. The van der Waals surface area contributed by atoms with E-state index in [4.69, 9.17) is 0 Å². The number of hydrogen-bond acceptors (Lipinski definition) is 2. The summed E-state index contributed by atoms with van der Waals surface area (Å²) in [5.41, 5.74) is 0.478. The summed E-state index contributed by atoms with van der Waals surface area (Å²) in [6, 6.07) is 1.95. The highest BCUT2D eigenvalue weighted by atomic mass is 19.1. The van der Waals surface area contributed by atoms with Crippen LogP contribution >= 0.6 is 0 Å². The monoisotopic (exact) mass is 240 g/mol. The van der Waals surface area contributed by atoms with Crippen LogP contribution in [0.25, 0.3) is 0 Å². The molecule has 1 aromatic carbocycles. The fraction of sp³-hybridized carbons (Fsp3) is 0.417. The summed E-state index contributed by atoms with van der Waals surface area (Å²) in [4.78, 5) is 13.4. The predicted molar refractivity (Wildman–Crippen MR) is 62.1 cm³/mol. The Bertz CT molecular complexity index is 462. The third kappa shape index (κ3) is 2.09. The molecule has 0 spiro atoms. The quantitative estimate of drug-likeness (QED) is 0.818. The molecule has 5 heteroatoms. The van der Waals surface area contributed by atoms with E-state index in [-0.39, 0.29) is 24.1 Å². The topological polar surface area (TPSA) is 32.3 Å². The fourth-order valence-electron chi connectivity index (χ4n) is 2.20. The minimum atomic E-state index is -0.735. The van der Waals surface area contributed by atoms with E-state index in [1.807, 2.05) is 18.7 Å². The molecule has 0 saturated carbocycles. The number of rotatable bonds is 1. The second-order valence-corrected chi connectivity index (χ2v) is 4.17. The van der Waals surface area contributed by atoms with Gasteiger partial charge in [0.25, 0.3) is 0 Å². The van der Waals surface area contributed by atoms with Crippen LogP contribution in [0.2, 0.25) is 0 Å². The molecule has 0 bridgehead atoms. The van der Waals surface area contributed by atoms with Crippen LogP contribution in [0.4, 0.5) is 20.2 Å². The average Bonchev–Trinajstić information content (AvgIpc) is 2.34. The number of amides is 1. The van der Waals surface area contributed by atoms with Gasteiger partial charge in [-0.25, -0.2) is 8.78 Å². The first-order valence-electron chi connectivity index (χ1n) is 5.58. The Hall–Kier alpha value is -1.65. The molecule has 0 aromatic heterocycles. The van der Waals surface area contributed by atoms with E-state index in [0.29, 0.717) is 12.2 Å². The van der Waals surface area contributed by atoms with Crippen molar-refractivity contribution < 1.29 is 13.6 Å². The minimum absolute atomic E-state index is 0.0719. The number of nitrogens with zero attached hydrogens (tertiary/aromatic N) is 1. The molecule has 3 nitrogen and oxygen atoms in total. The number of anilines is 2. The van der Waals surface area contributed by atoms with E-state index in [2.05, 4.69) is 5.32 Å². The molecule has 1 heterocycles.